The van der Waals surface area contributed by atoms with E-state index in [4.69, 9.17) is 14.2 Å². The van der Waals surface area contributed by atoms with Crippen LogP contribution in [0.1, 0.15) is 36.1 Å². The number of imidazole rings is 1. The number of methoxy groups -OCH3 is 2. The number of aromatic nitrogens is 2. The van der Waals surface area contributed by atoms with Crippen molar-refractivity contribution in [1.82, 2.24) is 14.5 Å². The van der Waals surface area contributed by atoms with Gasteiger partial charge in [0, 0.05) is 37.5 Å². The Hall–Kier alpha value is -4.27. The molecule has 0 radical (unpaired) electrons. The van der Waals surface area contributed by atoms with E-state index in [1.54, 1.807) is 42.9 Å². The summed E-state index contributed by atoms with van der Waals surface area (Å²) in [6, 6.07) is 9.80. The number of amides is 1. The molecule has 1 fully saturated rings. The van der Waals surface area contributed by atoms with Crippen LogP contribution in [0.25, 0.3) is 5.76 Å². The number of hydrogen-bond acceptors (Lipinski definition) is 7. The Bertz CT molecular complexity index is 1360. The summed E-state index contributed by atoms with van der Waals surface area (Å²) in [5.41, 5.74) is 2.11. The summed E-state index contributed by atoms with van der Waals surface area (Å²) < 4.78 is 18.5. The van der Waals surface area contributed by atoms with Gasteiger partial charge in [-0.15, -0.1) is 0 Å². The first-order valence-corrected chi connectivity index (χ1v) is 12.2. The molecule has 0 spiro atoms. The molecule has 9 heteroatoms. The Balaban J connectivity index is 1.56. The molecule has 0 bridgehead atoms. The average Bonchev–Trinajstić information content (AvgIpc) is 3.61. The van der Waals surface area contributed by atoms with Crippen LogP contribution in [-0.2, 0) is 22.6 Å². The number of hydrogen-bond donors (Lipinski definition) is 1. The van der Waals surface area contributed by atoms with Crippen LogP contribution in [0.3, 0.4) is 0 Å². The summed E-state index contributed by atoms with van der Waals surface area (Å²) in [5.74, 6) is 0.178. The van der Waals surface area contributed by atoms with Crippen molar-refractivity contribution < 1.29 is 28.9 Å². The van der Waals surface area contributed by atoms with Gasteiger partial charge in [-0.2, -0.15) is 0 Å². The fraction of sp³-hybridized carbons (Fsp3) is 0.321. The van der Waals surface area contributed by atoms with E-state index in [0.717, 1.165) is 11.3 Å². The molecular weight excluding hydrogens is 474 g/mol. The highest BCUT2D eigenvalue weighted by Crippen LogP contribution is 2.42. The molecule has 0 aliphatic carbocycles. The fourth-order valence-electron chi connectivity index (χ4n) is 5.05. The number of rotatable bonds is 8. The molecule has 192 valence electrons. The number of benzene rings is 2. The molecule has 37 heavy (non-hydrogen) atoms. The summed E-state index contributed by atoms with van der Waals surface area (Å²) >= 11 is 0. The number of carbonyl (C=O) groups is 2. The van der Waals surface area contributed by atoms with E-state index in [1.165, 1.54) is 19.1 Å². The molecule has 1 saturated heterocycles. The maximum absolute atomic E-state index is 13.4. The third-order valence-electron chi connectivity index (χ3n) is 6.81. The number of likely N-dealkylation sites (tertiary alicyclic amines) is 1. The van der Waals surface area contributed by atoms with Crippen molar-refractivity contribution in [2.45, 2.75) is 38.5 Å². The lowest BCUT2D eigenvalue weighted by atomic mass is 9.94. The Morgan fingerprint density at radius 2 is 1.92 bits per heavy atom. The first kappa shape index (κ1) is 24.4. The molecule has 3 heterocycles. The van der Waals surface area contributed by atoms with Crippen LogP contribution in [0, 0.1) is 0 Å². The third kappa shape index (κ3) is 4.52. The predicted octanol–water partition coefficient (Wildman–Crippen LogP) is 3.74. The van der Waals surface area contributed by atoms with Gasteiger partial charge >= 0.3 is 0 Å². The van der Waals surface area contributed by atoms with Gasteiger partial charge < -0.3 is 28.8 Å². The second-order valence-electron chi connectivity index (χ2n) is 9.22. The number of carbonyl (C=O) groups excluding carboxylic acids is 2. The van der Waals surface area contributed by atoms with Crippen LogP contribution in [-0.4, -0.2) is 58.1 Å². The molecule has 9 nitrogen and oxygen atoms in total. The van der Waals surface area contributed by atoms with Crippen molar-refractivity contribution in [2.24, 2.45) is 0 Å². The van der Waals surface area contributed by atoms with Crippen LogP contribution >= 0.6 is 0 Å². The number of nitrogens with zero attached hydrogens (tertiary/aromatic N) is 3. The van der Waals surface area contributed by atoms with E-state index in [0.29, 0.717) is 48.6 Å². The van der Waals surface area contributed by atoms with E-state index >= 15 is 0 Å². The topological polar surface area (TPSA) is 103 Å². The van der Waals surface area contributed by atoms with E-state index in [-0.39, 0.29) is 17.4 Å². The van der Waals surface area contributed by atoms with Crippen LogP contribution in [0.5, 0.6) is 17.2 Å². The maximum atomic E-state index is 13.4. The summed E-state index contributed by atoms with van der Waals surface area (Å²) in [5, 5.41) is 11.4. The Labute approximate surface area is 214 Å². The summed E-state index contributed by atoms with van der Waals surface area (Å²) in [7, 11) is 3.06. The molecule has 2 aliphatic heterocycles. The van der Waals surface area contributed by atoms with Crippen LogP contribution in [0.2, 0.25) is 0 Å². The number of Topliss-reactive ketones (excluding diaryl/α,β-unsaturated/α-hetero) is 1. The van der Waals surface area contributed by atoms with Gasteiger partial charge in [-0.25, -0.2) is 4.98 Å². The van der Waals surface area contributed by atoms with Crippen molar-refractivity contribution >= 4 is 17.4 Å². The van der Waals surface area contributed by atoms with Crippen LogP contribution < -0.4 is 14.2 Å². The minimum atomic E-state index is -0.786. The van der Waals surface area contributed by atoms with Crippen molar-refractivity contribution in [3.63, 3.8) is 0 Å². The molecular formula is C28H29N3O6. The molecule has 2 unspecified atom stereocenters. The lowest BCUT2D eigenvalue weighted by Crippen LogP contribution is -2.31. The van der Waals surface area contributed by atoms with Gasteiger partial charge in [0.25, 0.3) is 11.7 Å². The molecule has 2 atom stereocenters. The van der Waals surface area contributed by atoms with Crippen LogP contribution in [0.4, 0.5) is 0 Å². The highest BCUT2D eigenvalue weighted by molar-refractivity contribution is 6.46. The number of ketones is 1. The van der Waals surface area contributed by atoms with Crippen molar-refractivity contribution in [3.05, 3.63) is 77.4 Å². The van der Waals surface area contributed by atoms with Gasteiger partial charge in [0.2, 0.25) is 0 Å². The monoisotopic (exact) mass is 503 g/mol. The minimum Gasteiger partial charge on any atom is -0.507 e. The van der Waals surface area contributed by atoms with Crippen molar-refractivity contribution in [1.29, 1.82) is 0 Å². The van der Waals surface area contributed by atoms with Gasteiger partial charge in [0.05, 0.1) is 32.2 Å². The molecule has 2 aliphatic rings. The predicted molar refractivity (Wildman–Crippen MR) is 136 cm³/mol. The zero-order chi connectivity index (χ0) is 26.1. The van der Waals surface area contributed by atoms with Gasteiger partial charge in [0.15, 0.2) is 11.5 Å². The molecule has 0 saturated carbocycles. The van der Waals surface area contributed by atoms with Crippen molar-refractivity contribution in [2.75, 3.05) is 20.8 Å². The van der Waals surface area contributed by atoms with E-state index < -0.39 is 17.7 Å². The smallest absolute Gasteiger partial charge is 0.295 e. The number of aliphatic hydroxyl groups is 1. The van der Waals surface area contributed by atoms with Gasteiger partial charge in [-0.1, -0.05) is 6.07 Å². The second-order valence-corrected chi connectivity index (χ2v) is 9.22. The lowest BCUT2D eigenvalue weighted by molar-refractivity contribution is -0.139. The number of aryl methyl sites for hydroxylation is 1. The first-order valence-electron chi connectivity index (χ1n) is 12.2. The van der Waals surface area contributed by atoms with E-state index in [9.17, 15) is 14.7 Å². The largest absolute Gasteiger partial charge is 0.507 e. The first-order chi connectivity index (χ1) is 17.9. The van der Waals surface area contributed by atoms with Gasteiger partial charge in [0.1, 0.15) is 17.6 Å². The molecule has 5 rings (SSSR count). The summed E-state index contributed by atoms with van der Waals surface area (Å²) in [6.45, 7) is 2.92. The number of fused-ring (bicyclic) bond motifs is 1. The Morgan fingerprint density at radius 3 is 2.65 bits per heavy atom. The SMILES string of the molecule is COc1ccc(C2C(=C(O)c3ccc4c(c3)CC(C)O4)C(=O)C(=O)N2CCCn2ccnc2)cc1OC. The molecule has 2 aromatic carbocycles. The molecule has 1 aromatic heterocycles. The maximum Gasteiger partial charge on any atom is 0.295 e. The van der Waals surface area contributed by atoms with Gasteiger partial charge in [-0.05, 0) is 54.8 Å². The Kier molecular flexibility index (Phi) is 6.60. The normalized spacial score (nSPS) is 20.1. The zero-order valence-corrected chi connectivity index (χ0v) is 21.0. The molecule has 1 amide bonds. The molecule has 3 aromatic rings. The average molecular weight is 504 g/mol. The fourth-order valence-corrected chi connectivity index (χ4v) is 5.05. The van der Waals surface area contributed by atoms with Gasteiger partial charge in [-0.3, -0.25) is 9.59 Å². The highest BCUT2D eigenvalue weighted by atomic mass is 16.5. The Morgan fingerprint density at radius 1 is 1.11 bits per heavy atom. The third-order valence-corrected chi connectivity index (χ3v) is 6.81. The summed E-state index contributed by atoms with van der Waals surface area (Å²) in [6.07, 6.45) is 6.59. The van der Waals surface area contributed by atoms with Crippen LogP contribution in [0.15, 0.2) is 60.7 Å². The zero-order valence-electron chi connectivity index (χ0n) is 21.0. The lowest BCUT2D eigenvalue weighted by Gasteiger charge is -2.26. The highest BCUT2D eigenvalue weighted by Gasteiger charge is 2.46. The standard InChI is InChI=1S/C28H29N3O6/c1-17-13-20-14-19(6-7-21(20)37-17)26(32)24-25(18-5-8-22(35-2)23(15-18)36-3)31(28(34)27(24)33)11-4-10-30-12-9-29-16-30/h5-9,12,14-17,25,32H,4,10-11,13H2,1-3H3. The van der Waals surface area contributed by atoms with E-state index in [1.807, 2.05) is 23.8 Å². The number of ether oxygens (including phenoxy) is 3. The number of aliphatic hydroxyl groups excluding tert-OH is 1. The minimum absolute atomic E-state index is 0.0419. The summed E-state index contributed by atoms with van der Waals surface area (Å²) in [4.78, 5) is 32.2. The quantitative estimate of drug-likeness (QED) is 0.284. The molecule has 1 N–H and O–H groups in total. The van der Waals surface area contributed by atoms with Crippen molar-refractivity contribution in [3.8, 4) is 17.2 Å². The van der Waals surface area contributed by atoms with E-state index in [2.05, 4.69) is 4.98 Å². The second kappa shape index (κ2) is 10.0.